The van der Waals surface area contributed by atoms with Crippen LogP contribution in [0.2, 0.25) is 0 Å². The number of nitrogen functional groups attached to an aromatic ring is 1. The van der Waals surface area contributed by atoms with E-state index in [1.165, 1.54) is 12.1 Å². The van der Waals surface area contributed by atoms with E-state index in [0.717, 1.165) is 32.3 Å². The molecule has 0 radical (unpaired) electrons. The van der Waals surface area contributed by atoms with Crippen molar-refractivity contribution in [3.8, 4) is 0 Å². The molecular weight excluding hydrogens is 298 g/mol. The van der Waals surface area contributed by atoms with Crippen LogP contribution >= 0.6 is 0 Å². The number of anilines is 1. The van der Waals surface area contributed by atoms with Crippen LogP contribution in [-0.2, 0) is 4.74 Å². The topological polar surface area (TPSA) is 98.7 Å². The minimum atomic E-state index is -0.566. The van der Waals surface area contributed by atoms with E-state index in [-0.39, 0.29) is 23.4 Å². The summed E-state index contributed by atoms with van der Waals surface area (Å²) in [5.41, 5.74) is 5.72. The second kappa shape index (κ2) is 7.92. The SMILES string of the molecule is CCCOC1CCCN(C(=O)c2ccc(N)c([N+](=O)[O-])c2)CC1. The predicted octanol–water partition coefficient (Wildman–Crippen LogP) is 2.60. The molecule has 1 fully saturated rings. The number of nitrogens with two attached hydrogens (primary N) is 1. The summed E-state index contributed by atoms with van der Waals surface area (Å²) in [6.07, 6.45) is 3.77. The molecular formula is C16H23N3O4. The first-order valence-corrected chi connectivity index (χ1v) is 7.97. The Kier molecular flexibility index (Phi) is 5.92. The molecule has 7 heteroatoms. The number of ether oxygens (including phenoxy) is 1. The fraction of sp³-hybridized carbons (Fsp3) is 0.562. The van der Waals surface area contributed by atoms with Crippen molar-refractivity contribution in [2.45, 2.75) is 38.7 Å². The largest absolute Gasteiger partial charge is 0.393 e. The van der Waals surface area contributed by atoms with Gasteiger partial charge in [0.1, 0.15) is 5.69 Å². The summed E-state index contributed by atoms with van der Waals surface area (Å²) >= 11 is 0. The second-order valence-electron chi connectivity index (χ2n) is 5.75. The van der Waals surface area contributed by atoms with Crippen LogP contribution in [0.25, 0.3) is 0 Å². The van der Waals surface area contributed by atoms with Crippen LogP contribution in [0.4, 0.5) is 11.4 Å². The molecule has 0 saturated carbocycles. The summed E-state index contributed by atoms with van der Waals surface area (Å²) in [5.74, 6) is -0.191. The van der Waals surface area contributed by atoms with Gasteiger partial charge in [0.15, 0.2) is 0 Å². The van der Waals surface area contributed by atoms with Gasteiger partial charge in [0.2, 0.25) is 0 Å². The standard InChI is InChI=1S/C16H23N3O4/c1-2-10-23-13-4-3-8-18(9-7-13)16(20)12-5-6-14(17)15(11-12)19(21)22/h5-6,11,13H,2-4,7-10,17H2,1H3. The molecule has 0 spiro atoms. The molecule has 1 aromatic rings. The Labute approximate surface area is 135 Å². The number of rotatable bonds is 5. The van der Waals surface area contributed by atoms with E-state index in [1.54, 1.807) is 11.0 Å². The quantitative estimate of drug-likeness (QED) is 0.510. The fourth-order valence-electron chi connectivity index (χ4n) is 2.74. The van der Waals surface area contributed by atoms with Gasteiger partial charge >= 0.3 is 0 Å². The Bertz CT molecular complexity index is 576. The smallest absolute Gasteiger partial charge is 0.292 e. The monoisotopic (exact) mass is 321 g/mol. The maximum atomic E-state index is 12.6. The van der Waals surface area contributed by atoms with Gasteiger partial charge in [0.25, 0.3) is 11.6 Å². The van der Waals surface area contributed by atoms with Crippen molar-refractivity contribution >= 4 is 17.3 Å². The van der Waals surface area contributed by atoms with Crippen molar-refractivity contribution < 1.29 is 14.5 Å². The van der Waals surface area contributed by atoms with Gasteiger partial charge in [0.05, 0.1) is 11.0 Å². The highest BCUT2D eigenvalue weighted by molar-refractivity contribution is 5.95. The van der Waals surface area contributed by atoms with Crippen molar-refractivity contribution in [2.24, 2.45) is 0 Å². The van der Waals surface area contributed by atoms with Crippen molar-refractivity contribution in [2.75, 3.05) is 25.4 Å². The number of nitrogens with zero attached hydrogens (tertiary/aromatic N) is 2. The second-order valence-corrected chi connectivity index (χ2v) is 5.75. The van der Waals surface area contributed by atoms with Crippen molar-refractivity contribution in [1.29, 1.82) is 0 Å². The van der Waals surface area contributed by atoms with Crippen LogP contribution in [-0.4, -0.2) is 41.5 Å². The maximum Gasteiger partial charge on any atom is 0.292 e. The van der Waals surface area contributed by atoms with Gasteiger partial charge in [0, 0.05) is 31.3 Å². The summed E-state index contributed by atoms with van der Waals surface area (Å²) in [6, 6.07) is 4.21. The molecule has 0 aliphatic carbocycles. The van der Waals surface area contributed by atoms with Crippen molar-refractivity contribution in [3.63, 3.8) is 0 Å². The molecule has 1 aliphatic rings. The number of hydrogen-bond acceptors (Lipinski definition) is 5. The Morgan fingerprint density at radius 2 is 2.22 bits per heavy atom. The average molecular weight is 321 g/mol. The Hall–Kier alpha value is -2.15. The number of amides is 1. The molecule has 7 nitrogen and oxygen atoms in total. The van der Waals surface area contributed by atoms with E-state index >= 15 is 0 Å². The van der Waals surface area contributed by atoms with E-state index in [9.17, 15) is 14.9 Å². The van der Waals surface area contributed by atoms with Gasteiger partial charge in [-0.2, -0.15) is 0 Å². The van der Waals surface area contributed by atoms with E-state index < -0.39 is 4.92 Å². The van der Waals surface area contributed by atoms with Crippen LogP contribution in [0.1, 0.15) is 43.0 Å². The van der Waals surface area contributed by atoms with Gasteiger partial charge in [-0.15, -0.1) is 0 Å². The summed E-state index contributed by atoms with van der Waals surface area (Å²) in [6.45, 7) is 4.05. The molecule has 23 heavy (non-hydrogen) atoms. The molecule has 1 atom stereocenters. The van der Waals surface area contributed by atoms with E-state index in [2.05, 4.69) is 6.92 Å². The summed E-state index contributed by atoms with van der Waals surface area (Å²) < 4.78 is 5.77. The fourth-order valence-corrected chi connectivity index (χ4v) is 2.74. The summed E-state index contributed by atoms with van der Waals surface area (Å²) in [4.78, 5) is 24.7. The van der Waals surface area contributed by atoms with Crippen LogP contribution in [0.15, 0.2) is 18.2 Å². The number of likely N-dealkylation sites (tertiary alicyclic amines) is 1. The highest BCUT2D eigenvalue weighted by Crippen LogP contribution is 2.24. The molecule has 2 N–H and O–H groups in total. The van der Waals surface area contributed by atoms with E-state index in [4.69, 9.17) is 10.5 Å². The Morgan fingerprint density at radius 3 is 2.91 bits per heavy atom. The summed E-state index contributed by atoms with van der Waals surface area (Å²) in [7, 11) is 0. The first-order chi connectivity index (χ1) is 11.0. The first-order valence-electron chi connectivity index (χ1n) is 7.97. The molecule has 0 aromatic heterocycles. The number of carbonyl (C=O) groups excluding carboxylic acids is 1. The third kappa shape index (κ3) is 4.41. The molecule has 1 aliphatic heterocycles. The lowest BCUT2D eigenvalue weighted by Crippen LogP contribution is -2.32. The molecule has 1 aromatic carbocycles. The lowest BCUT2D eigenvalue weighted by atomic mass is 10.1. The number of benzene rings is 1. The number of nitro groups is 1. The molecule has 0 bridgehead atoms. The van der Waals surface area contributed by atoms with Crippen LogP contribution < -0.4 is 5.73 Å². The number of hydrogen-bond donors (Lipinski definition) is 1. The minimum absolute atomic E-state index is 0.0652. The normalized spacial score (nSPS) is 18.5. The molecule has 1 heterocycles. The lowest BCUT2D eigenvalue weighted by molar-refractivity contribution is -0.383. The van der Waals surface area contributed by atoms with Gasteiger partial charge in [-0.1, -0.05) is 6.92 Å². The predicted molar refractivity (Wildman–Crippen MR) is 87.3 cm³/mol. The van der Waals surface area contributed by atoms with Gasteiger partial charge in [-0.25, -0.2) is 0 Å². The van der Waals surface area contributed by atoms with Crippen molar-refractivity contribution in [1.82, 2.24) is 4.90 Å². The highest BCUT2D eigenvalue weighted by atomic mass is 16.6. The van der Waals surface area contributed by atoms with Gasteiger partial charge in [-0.05, 0) is 37.8 Å². The highest BCUT2D eigenvalue weighted by Gasteiger charge is 2.23. The van der Waals surface area contributed by atoms with E-state index in [0.29, 0.717) is 18.7 Å². The van der Waals surface area contributed by atoms with Crippen molar-refractivity contribution in [3.05, 3.63) is 33.9 Å². The molecule has 1 saturated heterocycles. The number of nitro benzene ring substituents is 1. The maximum absolute atomic E-state index is 12.6. The third-order valence-electron chi connectivity index (χ3n) is 3.99. The zero-order chi connectivity index (χ0) is 16.8. The minimum Gasteiger partial charge on any atom is -0.393 e. The summed E-state index contributed by atoms with van der Waals surface area (Å²) in [5, 5.41) is 11.0. The van der Waals surface area contributed by atoms with E-state index in [1.807, 2.05) is 0 Å². The van der Waals surface area contributed by atoms with Gasteiger partial charge < -0.3 is 15.4 Å². The third-order valence-corrected chi connectivity index (χ3v) is 3.99. The van der Waals surface area contributed by atoms with Crippen LogP contribution in [0.3, 0.4) is 0 Å². The Balaban J connectivity index is 2.05. The average Bonchev–Trinajstić information content (AvgIpc) is 2.78. The van der Waals surface area contributed by atoms with Crippen LogP contribution in [0, 0.1) is 10.1 Å². The van der Waals surface area contributed by atoms with Gasteiger partial charge in [-0.3, -0.25) is 14.9 Å². The Morgan fingerprint density at radius 1 is 1.43 bits per heavy atom. The first kappa shape index (κ1) is 17.2. The lowest BCUT2D eigenvalue weighted by Gasteiger charge is -2.21. The molecule has 1 unspecified atom stereocenters. The molecule has 2 rings (SSSR count). The zero-order valence-electron chi connectivity index (χ0n) is 13.4. The van der Waals surface area contributed by atoms with Crippen LogP contribution in [0.5, 0.6) is 0 Å². The molecule has 126 valence electrons. The zero-order valence-corrected chi connectivity index (χ0v) is 13.4. The number of carbonyl (C=O) groups is 1. The molecule has 1 amide bonds.